The normalized spacial score (nSPS) is 12.5. The molecule has 20 heavy (non-hydrogen) atoms. The number of rotatable bonds is 8. The van der Waals surface area contributed by atoms with E-state index in [0.717, 1.165) is 42.2 Å². The number of hydrogen-bond donors (Lipinski definition) is 1. The lowest BCUT2D eigenvalue weighted by Gasteiger charge is -2.12. The van der Waals surface area contributed by atoms with Crippen molar-refractivity contribution in [1.29, 1.82) is 0 Å². The molecule has 1 N–H and O–H groups in total. The molecular formula is C16H23N3S. The maximum Gasteiger partial charge on any atom is 0.134 e. The van der Waals surface area contributed by atoms with Gasteiger partial charge < -0.3 is 5.32 Å². The lowest BCUT2D eigenvalue weighted by atomic mass is 10.1. The van der Waals surface area contributed by atoms with Gasteiger partial charge in [-0.15, -0.1) is 10.2 Å². The zero-order valence-electron chi connectivity index (χ0n) is 12.3. The number of hydrogen-bond acceptors (Lipinski definition) is 4. The number of nitrogens with zero attached hydrogens (tertiary/aromatic N) is 2. The Labute approximate surface area is 125 Å². The highest BCUT2D eigenvalue weighted by molar-refractivity contribution is 7.11. The van der Waals surface area contributed by atoms with Crippen molar-refractivity contribution in [2.24, 2.45) is 0 Å². The summed E-state index contributed by atoms with van der Waals surface area (Å²) in [5, 5.41) is 14.5. The summed E-state index contributed by atoms with van der Waals surface area (Å²) in [5.41, 5.74) is 1.36. The minimum absolute atomic E-state index is 0.359. The third-order valence-corrected chi connectivity index (χ3v) is 4.40. The molecule has 108 valence electrons. The number of nitrogens with one attached hydrogen (secondary N) is 1. The van der Waals surface area contributed by atoms with E-state index in [9.17, 15) is 0 Å². The first-order valence-corrected chi connectivity index (χ1v) is 8.24. The second-order valence-corrected chi connectivity index (χ2v) is 6.03. The van der Waals surface area contributed by atoms with Crippen LogP contribution in [0.2, 0.25) is 0 Å². The molecule has 4 heteroatoms. The molecule has 0 fully saturated rings. The zero-order valence-corrected chi connectivity index (χ0v) is 13.1. The molecular weight excluding hydrogens is 266 g/mol. The SMILES string of the molecule is CCCNC(CC)c1nnc(CCc2ccccc2)s1. The third-order valence-electron chi connectivity index (χ3n) is 3.30. The molecule has 0 aliphatic heterocycles. The second-order valence-electron chi connectivity index (χ2n) is 4.93. The Balaban J connectivity index is 1.91. The molecule has 0 saturated heterocycles. The van der Waals surface area contributed by atoms with Gasteiger partial charge in [-0.1, -0.05) is 55.5 Å². The van der Waals surface area contributed by atoms with Crippen LogP contribution in [0.5, 0.6) is 0 Å². The fraction of sp³-hybridized carbons (Fsp3) is 0.500. The molecule has 0 aliphatic carbocycles. The lowest BCUT2D eigenvalue weighted by molar-refractivity contribution is 0.512. The summed E-state index contributed by atoms with van der Waals surface area (Å²) in [6.45, 7) is 5.42. The van der Waals surface area contributed by atoms with Crippen molar-refractivity contribution in [1.82, 2.24) is 15.5 Å². The number of aromatic nitrogens is 2. The maximum atomic E-state index is 4.36. The van der Waals surface area contributed by atoms with E-state index in [-0.39, 0.29) is 0 Å². The molecule has 1 aromatic heterocycles. The predicted octanol–water partition coefficient (Wildman–Crippen LogP) is 3.77. The van der Waals surface area contributed by atoms with Crippen molar-refractivity contribution in [3.05, 3.63) is 45.9 Å². The van der Waals surface area contributed by atoms with Gasteiger partial charge in [0, 0.05) is 6.42 Å². The van der Waals surface area contributed by atoms with Crippen molar-refractivity contribution in [2.75, 3.05) is 6.54 Å². The van der Waals surface area contributed by atoms with Crippen molar-refractivity contribution in [3.63, 3.8) is 0 Å². The maximum absolute atomic E-state index is 4.36. The molecule has 0 amide bonds. The molecule has 1 unspecified atom stereocenters. The van der Waals surface area contributed by atoms with Gasteiger partial charge in [0.15, 0.2) is 0 Å². The summed E-state index contributed by atoms with van der Waals surface area (Å²) in [4.78, 5) is 0. The van der Waals surface area contributed by atoms with Crippen LogP contribution in [0.3, 0.4) is 0 Å². The molecule has 0 saturated carbocycles. The van der Waals surface area contributed by atoms with Gasteiger partial charge in [-0.2, -0.15) is 0 Å². The van der Waals surface area contributed by atoms with E-state index in [1.165, 1.54) is 5.56 Å². The first-order chi connectivity index (χ1) is 9.83. The van der Waals surface area contributed by atoms with Gasteiger partial charge in [0.25, 0.3) is 0 Å². The molecule has 0 aliphatic rings. The Hall–Kier alpha value is -1.26. The van der Waals surface area contributed by atoms with Crippen LogP contribution in [-0.4, -0.2) is 16.7 Å². The first-order valence-electron chi connectivity index (χ1n) is 7.43. The van der Waals surface area contributed by atoms with Gasteiger partial charge in [-0.05, 0) is 31.4 Å². The molecule has 2 rings (SSSR count). The summed E-state index contributed by atoms with van der Waals surface area (Å²) in [6.07, 6.45) is 4.23. The van der Waals surface area contributed by atoms with Crippen LogP contribution in [0.15, 0.2) is 30.3 Å². The quantitative estimate of drug-likeness (QED) is 0.804. The van der Waals surface area contributed by atoms with Crippen LogP contribution in [0.4, 0.5) is 0 Å². The molecule has 0 radical (unpaired) electrons. The molecule has 0 bridgehead atoms. The van der Waals surface area contributed by atoms with E-state index in [1.807, 2.05) is 0 Å². The van der Waals surface area contributed by atoms with Gasteiger partial charge in [0.2, 0.25) is 0 Å². The Kier molecular flexibility index (Phi) is 6.15. The van der Waals surface area contributed by atoms with Crippen LogP contribution in [0.25, 0.3) is 0 Å². The topological polar surface area (TPSA) is 37.8 Å². The van der Waals surface area contributed by atoms with Crippen LogP contribution < -0.4 is 5.32 Å². The molecule has 2 aromatic rings. The van der Waals surface area contributed by atoms with Gasteiger partial charge in [-0.25, -0.2) is 0 Å². The molecule has 3 nitrogen and oxygen atoms in total. The fourth-order valence-electron chi connectivity index (χ4n) is 2.13. The minimum Gasteiger partial charge on any atom is -0.308 e. The Morgan fingerprint density at radius 1 is 1.10 bits per heavy atom. The Bertz CT molecular complexity index is 495. The van der Waals surface area contributed by atoms with E-state index >= 15 is 0 Å². The molecule has 1 aromatic carbocycles. The summed E-state index contributed by atoms with van der Waals surface area (Å²) in [5.74, 6) is 0. The van der Waals surface area contributed by atoms with E-state index in [4.69, 9.17) is 0 Å². The predicted molar refractivity (Wildman–Crippen MR) is 85.1 cm³/mol. The molecule has 1 atom stereocenters. The standard InChI is InChI=1S/C16H23N3S/c1-3-12-17-14(4-2)16-19-18-15(20-16)11-10-13-8-6-5-7-9-13/h5-9,14,17H,3-4,10-12H2,1-2H3. The lowest BCUT2D eigenvalue weighted by Crippen LogP contribution is -2.21. The summed E-state index contributed by atoms with van der Waals surface area (Å²) < 4.78 is 0. The Morgan fingerprint density at radius 2 is 1.90 bits per heavy atom. The highest BCUT2D eigenvalue weighted by Gasteiger charge is 2.14. The van der Waals surface area contributed by atoms with Crippen LogP contribution >= 0.6 is 11.3 Å². The van der Waals surface area contributed by atoms with E-state index in [0.29, 0.717) is 6.04 Å². The largest absolute Gasteiger partial charge is 0.308 e. The van der Waals surface area contributed by atoms with E-state index in [2.05, 4.69) is 59.7 Å². The molecule has 1 heterocycles. The van der Waals surface area contributed by atoms with Crippen molar-refractivity contribution in [2.45, 2.75) is 45.6 Å². The van der Waals surface area contributed by atoms with Gasteiger partial charge >= 0.3 is 0 Å². The monoisotopic (exact) mass is 289 g/mol. The highest BCUT2D eigenvalue weighted by Crippen LogP contribution is 2.21. The smallest absolute Gasteiger partial charge is 0.134 e. The van der Waals surface area contributed by atoms with E-state index in [1.54, 1.807) is 11.3 Å². The summed E-state index contributed by atoms with van der Waals surface area (Å²) in [7, 11) is 0. The zero-order chi connectivity index (χ0) is 14.2. The van der Waals surface area contributed by atoms with Crippen LogP contribution in [-0.2, 0) is 12.8 Å². The molecule has 0 spiro atoms. The number of aryl methyl sites for hydroxylation is 2. The van der Waals surface area contributed by atoms with Crippen molar-refractivity contribution in [3.8, 4) is 0 Å². The van der Waals surface area contributed by atoms with E-state index < -0.39 is 0 Å². The van der Waals surface area contributed by atoms with Gasteiger partial charge in [0.1, 0.15) is 10.0 Å². The average molecular weight is 289 g/mol. The second kappa shape index (κ2) is 8.12. The van der Waals surface area contributed by atoms with Crippen molar-refractivity contribution >= 4 is 11.3 Å². The average Bonchev–Trinajstić information content (AvgIpc) is 2.96. The third kappa shape index (κ3) is 4.39. The minimum atomic E-state index is 0.359. The summed E-state index contributed by atoms with van der Waals surface area (Å²) >= 11 is 1.75. The highest BCUT2D eigenvalue weighted by atomic mass is 32.1. The van der Waals surface area contributed by atoms with Crippen LogP contribution in [0, 0.1) is 0 Å². The first kappa shape index (κ1) is 15.1. The number of benzene rings is 1. The van der Waals surface area contributed by atoms with Gasteiger partial charge in [0.05, 0.1) is 6.04 Å². The van der Waals surface area contributed by atoms with Gasteiger partial charge in [-0.3, -0.25) is 0 Å². The fourth-order valence-corrected chi connectivity index (χ4v) is 3.13. The van der Waals surface area contributed by atoms with Crippen LogP contribution in [0.1, 0.15) is 48.3 Å². The van der Waals surface area contributed by atoms with Crippen molar-refractivity contribution < 1.29 is 0 Å². The Morgan fingerprint density at radius 3 is 2.60 bits per heavy atom. The summed E-state index contributed by atoms with van der Waals surface area (Å²) in [6, 6.07) is 10.9.